The molecule has 3 rings (SSSR count). The molecule has 3 aromatic carbocycles. The van der Waals surface area contributed by atoms with E-state index in [-0.39, 0.29) is 17.5 Å². The fraction of sp³-hybridized carbons (Fsp3) is 0.100. The average Bonchev–Trinajstić information content (AvgIpc) is 2.67. The van der Waals surface area contributed by atoms with E-state index in [1.807, 2.05) is 60.7 Å². The number of benzene rings is 3. The molecule has 0 amide bonds. The van der Waals surface area contributed by atoms with Crippen molar-refractivity contribution in [2.24, 2.45) is 0 Å². The summed E-state index contributed by atoms with van der Waals surface area (Å²) in [6.45, 7) is 0.212. The maximum Gasteiger partial charge on any atom is 0.240 e. The molecule has 0 aliphatic heterocycles. The van der Waals surface area contributed by atoms with Crippen molar-refractivity contribution < 1.29 is 8.42 Å². The molecular weight excluding hydrogens is 368 g/mol. The summed E-state index contributed by atoms with van der Waals surface area (Å²) in [4.78, 5) is 0.188. The molecule has 134 valence electrons. The molecule has 6 heteroatoms. The van der Waals surface area contributed by atoms with Crippen molar-refractivity contribution >= 4 is 27.3 Å². The van der Waals surface area contributed by atoms with Gasteiger partial charge in [0.15, 0.2) is 0 Å². The average molecular weight is 387 g/mol. The lowest BCUT2D eigenvalue weighted by Crippen LogP contribution is -2.31. The third-order valence-corrected chi connectivity index (χ3v) is 5.61. The molecule has 1 atom stereocenters. The van der Waals surface area contributed by atoms with E-state index in [1.165, 1.54) is 12.1 Å². The van der Waals surface area contributed by atoms with E-state index in [1.54, 1.807) is 12.1 Å². The number of rotatable bonds is 7. The van der Waals surface area contributed by atoms with Crippen LogP contribution in [-0.4, -0.2) is 15.0 Å². The third kappa shape index (κ3) is 4.85. The molecule has 2 N–H and O–H groups in total. The molecule has 4 nitrogen and oxygen atoms in total. The van der Waals surface area contributed by atoms with Crippen LogP contribution in [0.5, 0.6) is 0 Å². The van der Waals surface area contributed by atoms with Crippen molar-refractivity contribution in [2.45, 2.75) is 10.9 Å². The molecule has 0 aliphatic carbocycles. The highest BCUT2D eigenvalue weighted by Crippen LogP contribution is 2.20. The summed E-state index contributed by atoms with van der Waals surface area (Å²) in [7, 11) is -3.62. The maximum absolute atomic E-state index is 12.5. The highest BCUT2D eigenvalue weighted by molar-refractivity contribution is 7.89. The van der Waals surface area contributed by atoms with Gasteiger partial charge < -0.3 is 5.32 Å². The highest BCUT2D eigenvalue weighted by atomic mass is 35.5. The van der Waals surface area contributed by atoms with Crippen molar-refractivity contribution in [3.63, 3.8) is 0 Å². The van der Waals surface area contributed by atoms with E-state index in [2.05, 4.69) is 10.0 Å². The van der Waals surface area contributed by atoms with Crippen molar-refractivity contribution in [1.29, 1.82) is 0 Å². The quantitative estimate of drug-likeness (QED) is 0.629. The third-order valence-electron chi connectivity index (χ3n) is 3.92. The zero-order chi connectivity index (χ0) is 18.4. The van der Waals surface area contributed by atoms with E-state index in [0.29, 0.717) is 5.02 Å². The van der Waals surface area contributed by atoms with Crippen LogP contribution in [0.25, 0.3) is 0 Å². The SMILES string of the molecule is O=S(=O)(NC[C@@H](Nc1ccccc1)c1ccccc1)c1ccc(Cl)cc1. The molecule has 0 heterocycles. The first-order valence-corrected chi connectivity index (χ1v) is 10.0. The van der Waals surface area contributed by atoms with Crippen LogP contribution in [0.1, 0.15) is 11.6 Å². The fourth-order valence-corrected chi connectivity index (χ4v) is 3.74. The van der Waals surface area contributed by atoms with Gasteiger partial charge in [0.1, 0.15) is 0 Å². The van der Waals surface area contributed by atoms with Crippen LogP contribution < -0.4 is 10.0 Å². The van der Waals surface area contributed by atoms with Crippen LogP contribution in [0.2, 0.25) is 5.02 Å². The van der Waals surface area contributed by atoms with Gasteiger partial charge in [0, 0.05) is 17.3 Å². The predicted molar refractivity (Wildman–Crippen MR) is 106 cm³/mol. The van der Waals surface area contributed by atoms with E-state index in [4.69, 9.17) is 11.6 Å². The van der Waals surface area contributed by atoms with Crippen molar-refractivity contribution in [3.05, 3.63) is 95.5 Å². The van der Waals surface area contributed by atoms with E-state index in [0.717, 1.165) is 11.3 Å². The summed E-state index contributed by atoms with van der Waals surface area (Å²) in [5.41, 5.74) is 1.92. The molecule has 0 aromatic heterocycles. The van der Waals surface area contributed by atoms with Gasteiger partial charge in [-0.15, -0.1) is 0 Å². The Bertz CT molecular complexity index is 931. The smallest absolute Gasteiger partial charge is 0.240 e. The normalized spacial score (nSPS) is 12.5. The van der Waals surface area contributed by atoms with Crippen molar-refractivity contribution in [3.8, 4) is 0 Å². The fourth-order valence-electron chi connectivity index (χ4n) is 2.56. The summed E-state index contributed by atoms with van der Waals surface area (Å²) in [6.07, 6.45) is 0. The number of hydrogen-bond donors (Lipinski definition) is 2. The van der Waals surface area contributed by atoms with Crippen LogP contribution in [0.15, 0.2) is 89.8 Å². The van der Waals surface area contributed by atoms with Crippen LogP contribution >= 0.6 is 11.6 Å². The Morgan fingerprint density at radius 2 is 1.38 bits per heavy atom. The molecular formula is C20H19ClN2O2S. The second kappa shape index (κ2) is 8.36. The van der Waals surface area contributed by atoms with Gasteiger partial charge in [-0.2, -0.15) is 0 Å². The summed E-state index contributed by atoms with van der Waals surface area (Å²) >= 11 is 5.83. The zero-order valence-electron chi connectivity index (χ0n) is 14.0. The van der Waals surface area contributed by atoms with Gasteiger partial charge in [0.05, 0.1) is 10.9 Å². The van der Waals surface area contributed by atoms with Crippen LogP contribution in [0.3, 0.4) is 0 Å². The van der Waals surface area contributed by atoms with Crippen molar-refractivity contribution in [2.75, 3.05) is 11.9 Å². The van der Waals surface area contributed by atoms with Gasteiger partial charge in [-0.3, -0.25) is 0 Å². The van der Waals surface area contributed by atoms with Gasteiger partial charge in [-0.1, -0.05) is 60.1 Å². The topological polar surface area (TPSA) is 58.2 Å². The predicted octanol–water partition coefficient (Wildman–Crippen LogP) is 4.47. The molecule has 0 bridgehead atoms. The van der Waals surface area contributed by atoms with Gasteiger partial charge in [-0.25, -0.2) is 13.1 Å². The number of sulfonamides is 1. The minimum absolute atomic E-state index is 0.188. The van der Waals surface area contributed by atoms with Crippen molar-refractivity contribution in [1.82, 2.24) is 4.72 Å². The standard InChI is InChI=1S/C20H19ClN2O2S/c21-17-11-13-19(14-12-17)26(24,25)22-15-20(16-7-3-1-4-8-16)23-18-9-5-2-6-10-18/h1-14,20,22-23H,15H2/t20-/m1/s1. The molecule has 0 aliphatic rings. The molecule has 0 spiro atoms. The second-order valence-electron chi connectivity index (χ2n) is 5.78. The Balaban J connectivity index is 1.78. The zero-order valence-corrected chi connectivity index (χ0v) is 15.5. The molecule has 3 aromatic rings. The van der Waals surface area contributed by atoms with Gasteiger partial charge >= 0.3 is 0 Å². The first kappa shape index (κ1) is 18.5. The first-order valence-electron chi connectivity index (χ1n) is 8.16. The monoisotopic (exact) mass is 386 g/mol. The van der Waals surface area contributed by atoms with E-state index >= 15 is 0 Å². The maximum atomic E-state index is 12.5. The molecule has 0 fully saturated rings. The Hall–Kier alpha value is -2.34. The number of anilines is 1. The molecule has 26 heavy (non-hydrogen) atoms. The first-order chi connectivity index (χ1) is 12.5. The lowest BCUT2D eigenvalue weighted by atomic mass is 10.1. The number of halogens is 1. The van der Waals surface area contributed by atoms with Crippen LogP contribution in [0.4, 0.5) is 5.69 Å². The largest absolute Gasteiger partial charge is 0.377 e. The molecule has 0 unspecified atom stereocenters. The van der Waals surface area contributed by atoms with Crippen LogP contribution in [0, 0.1) is 0 Å². The Kier molecular flexibility index (Phi) is 5.93. The lowest BCUT2D eigenvalue weighted by Gasteiger charge is -2.21. The summed E-state index contributed by atoms with van der Waals surface area (Å²) in [5.74, 6) is 0. The molecule has 0 saturated carbocycles. The number of para-hydroxylation sites is 1. The Labute approximate surface area is 158 Å². The summed E-state index contributed by atoms with van der Waals surface area (Å²) in [6, 6.07) is 25.3. The number of hydrogen-bond acceptors (Lipinski definition) is 3. The number of nitrogens with one attached hydrogen (secondary N) is 2. The Morgan fingerprint density at radius 1 is 0.808 bits per heavy atom. The van der Waals surface area contributed by atoms with Crippen LogP contribution in [-0.2, 0) is 10.0 Å². The van der Waals surface area contributed by atoms with E-state index < -0.39 is 10.0 Å². The van der Waals surface area contributed by atoms with E-state index in [9.17, 15) is 8.42 Å². The highest BCUT2D eigenvalue weighted by Gasteiger charge is 2.18. The Morgan fingerprint density at radius 3 is 2.00 bits per heavy atom. The van der Waals surface area contributed by atoms with Gasteiger partial charge in [0.2, 0.25) is 10.0 Å². The summed E-state index contributed by atoms with van der Waals surface area (Å²) in [5, 5.41) is 3.88. The second-order valence-corrected chi connectivity index (χ2v) is 7.98. The van der Waals surface area contributed by atoms with Gasteiger partial charge in [0.25, 0.3) is 0 Å². The lowest BCUT2D eigenvalue weighted by molar-refractivity contribution is 0.576. The molecule has 0 saturated heterocycles. The molecule has 0 radical (unpaired) electrons. The van der Waals surface area contributed by atoms with Gasteiger partial charge in [-0.05, 0) is 42.0 Å². The minimum Gasteiger partial charge on any atom is -0.377 e. The minimum atomic E-state index is -3.62. The summed E-state index contributed by atoms with van der Waals surface area (Å²) < 4.78 is 27.8.